The molecule has 0 aliphatic heterocycles. The van der Waals surface area contributed by atoms with E-state index in [1.54, 1.807) is 6.92 Å². The number of benzene rings is 2. The molecule has 0 unspecified atom stereocenters. The van der Waals surface area contributed by atoms with Gasteiger partial charge in [0.15, 0.2) is 0 Å². The van der Waals surface area contributed by atoms with Crippen LogP contribution in [-0.2, 0) is 9.53 Å². The van der Waals surface area contributed by atoms with Crippen LogP contribution in [0.25, 0.3) is 27.9 Å². The molecule has 3 aromatic rings. The zero-order chi connectivity index (χ0) is 16.1. The van der Waals surface area contributed by atoms with Crippen LogP contribution in [0.4, 0.5) is 0 Å². The fourth-order valence-electron chi connectivity index (χ4n) is 2.24. The molecule has 24 heavy (non-hydrogen) atoms. The van der Waals surface area contributed by atoms with Crippen molar-refractivity contribution < 1.29 is 97.5 Å². The maximum absolute atomic E-state index is 10.2. The zero-order valence-corrected chi connectivity index (χ0v) is 18.1. The van der Waals surface area contributed by atoms with Crippen LogP contribution >= 0.6 is 0 Å². The van der Waals surface area contributed by atoms with E-state index >= 15 is 0 Å². The second-order valence-corrected chi connectivity index (χ2v) is 4.92. The van der Waals surface area contributed by atoms with Crippen molar-refractivity contribution in [3.63, 3.8) is 0 Å². The number of aromatic nitrogens is 1. The molecule has 2 aromatic carbocycles. The monoisotopic (exact) mass is 605 g/mol. The summed E-state index contributed by atoms with van der Waals surface area (Å²) >= 11 is 0. The quantitative estimate of drug-likeness (QED) is 0.341. The number of hydrogen-bond acceptors (Lipinski definition) is 2. The Bertz CT molecular complexity index is 855. The number of ether oxygens (including phenoxy) is 1. The molecule has 1 N–H and O–H groups in total. The molecule has 2 radical (unpaired) electrons. The number of rotatable bonds is 2. The molecule has 0 bridgehead atoms. The molecule has 3 nitrogen and oxygen atoms in total. The van der Waals surface area contributed by atoms with Gasteiger partial charge in [-0.05, 0) is 18.6 Å². The summed E-state index contributed by atoms with van der Waals surface area (Å²) in [6.45, 7) is 8.79. The van der Waals surface area contributed by atoms with Crippen molar-refractivity contribution in [2.75, 3.05) is 7.11 Å². The molecule has 0 saturated carbocycles. The van der Waals surface area contributed by atoms with E-state index in [0.29, 0.717) is 5.57 Å². The fraction of sp³-hybridized carbons (Fsp3) is 0.105. The van der Waals surface area contributed by atoms with E-state index in [9.17, 15) is 4.79 Å². The number of methoxy groups -OCH3 is 1. The van der Waals surface area contributed by atoms with Crippen molar-refractivity contribution in [1.82, 2.24) is 4.98 Å². The van der Waals surface area contributed by atoms with Gasteiger partial charge in [0.1, 0.15) is 0 Å². The molecule has 0 saturated heterocycles. The molecule has 0 spiro atoms. The Morgan fingerprint density at radius 2 is 1.75 bits per heavy atom. The Labute approximate surface area is 213 Å². The van der Waals surface area contributed by atoms with E-state index in [0.717, 1.165) is 5.56 Å². The smallest absolute Gasteiger partial charge is 0.332 e. The van der Waals surface area contributed by atoms with Crippen LogP contribution in [0.3, 0.4) is 0 Å². The zero-order valence-electron chi connectivity index (χ0n) is 13.6. The van der Waals surface area contributed by atoms with Gasteiger partial charge in [-0.25, -0.2) is 4.79 Å². The van der Waals surface area contributed by atoms with E-state index in [2.05, 4.69) is 59.3 Å². The Kier molecular flexibility index (Phi) is 11.7. The van der Waals surface area contributed by atoms with E-state index in [4.69, 9.17) is 0 Å². The van der Waals surface area contributed by atoms with E-state index in [1.807, 2.05) is 12.1 Å². The van der Waals surface area contributed by atoms with Crippen LogP contribution in [-0.4, -0.2) is 18.1 Å². The summed E-state index contributed by atoms with van der Waals surface area (Å²) < 4.78 is 4.27. The molecule has 128 valence electrons. The Balaban J connectivity index is 0.000000516. The van der Waals surface area contributed by atoms with Gasteiger partial charge in [0.25, 0.3) is 0 Å². The van der Waals surface area contributed by atoms with Crippen molar-refractivity contribution in [2.24, 2.45) is 0 Å². The maximum atomic E-state index is 10.2. The summed E-state index contributed by atoms with van der Waals surface area (Å²) in [5.41, 5.74) is 3.95. The molecule has 0 amide bonds. The topological polar surface area (TPSA) is 42.1 Å². The van der Waals surface area contributed by atoms with Crippen LogP contribution in [0.1, 0.15) is 12.5 Å². The van der Waals surface area contributed by atoms with Gasteiger partial charge >= 0.3 is 5.97 Å². The molecule has 0 aliphatic rings. The first kappa shape index (κ1) is 24.1. The van der Waals surface area contributed by atoms with Crippen LogP contribution < -0.4 is 0 Å². The average molecular weight is 604 g/mol. The number of carbonyl (C=O) groups is 1. The predicted molar refractivity (Wildman–Crippen MR) is 92.7 cm³/mol. The van der Waals surface area contributed by atoms with Crippen molar-refractivity contribution in [2.45, 2.75) is 6.92 Å². The second kappa shape index (κ2) is 11.6. The summed E-state index contributed by atoms with van der Waals surface area (Å²) in [6.07, 6.45) is 1.89. The summed E-state index contributed by atoms with van der Waals surface area (Å²) in [5.74, 6) is -0.347. The van der Waals surface area contributed by atoms with Gasteiger partial charge in [0.2, 0.25) is 0 Å². The predicted octanol–water partition coefficient (Wildman–Crippen LogP) is 4.70. The molecule has 3 rings (SSSR count). The normalized spacial score (nSPS) is 9.08. The second-order valence-electron chi connectivity index (χ2n) is 4.92. The Morgan fingerprint density at radius 1 is 1.12 bits per heavy atom. The van der Waals surface area contributed by atoms with Gasteiger partial charge in [-0.2, -0.15) is 0 Å². The first-order valence-electron chi connectivity index (χ1n) is 6.94. The van der Waals surface area contributed by atoms with Gasteiger partial charge in [0, 0.05) is 110 Å². The van der Waals surface area contributed by atoms with E-state index in [1.165, 1.54) is 28.9 Å². The molecular formula is C19H19EuNO2Tb. The van der Waals surface area contributed by atoms with Crippen molar-refractivity contribution in [3.8, 4) is 0 Å². The number of nitrogens with one attached hydrogen (secondary N) is 1. The summed E-state index contributed by atoms with van der Waals surface area (Å²) in [7, 11) is 1.33. The van der Waals surface area contributed by atoms with Gasteiger partial charge in [-0.15, -0.1) is 0 Å². The molecule has 1 aromatic heterocycles. The standard InChI is InChI=1S/C14H11N.C5H8O2.Eu.Tb/c1-2-10-6-5-8-12-11-7-3-4-9-13(11)15-14(10)12;1-4(2)5(6)7-3;;/h2-9,15H,1H2;1H2,2-3H3;;. The maximum Gasteiger partial charge on any atom is 0.332 e. The minimum Gasteiger partial charge on any atom is -0.466 e. The third kappa shape index (κ3) is 5.80. The molecule has 0 aliphatic carbocycles. The van der Waals surface area contributed by atoms with E-state index < -0.39 is 0 Å². The Morgan fingerprint density at radius 3 is 2.29 bits per heavy atom. The average Bonchev–Trinajstić information content (AvgIpc) is 2.93. The van der Waals surface area contributed by atoms with Gasteiger partial charge in [0.05, 0.1) is 12.6 Å². The first-order chi connectivity index (χ1) is 10.6. The summed E-state index contributed by atoms with van der Waals surface area (Å²) in [5, 5.41) is 2.54. The van der Waals surface area contributed by atoms with Gasteiger partial charge in [-0.3, -0.25) is 0 Å². The van der Waals surface area contributed by atoms with Crippen LogP contribution in [0, 0.1) is 88.0 Å². The number of para-hydroxylation sites is 2. The number of hydrogen-bond donors (Lipinski definition) is 1. The van der Waals surface area contributed by atoms with E-state index in [-0.39, 0.29) is 94.0 Å². The molecule has 0 atom stereocenters. The summed E-state index contributed by atoms with van der Waals surface area (Å²) in [6, 6.07) is 14.6. The molecular weight excluding hydrogens is 585 g/mol. The molecule has 1 heterocycles. The molecule has 0 fully saturated rings. The van der Waals surface area contributed by atoms with Crippen LogP contribution in [0.15, 0.2) is 61.2 Å². The number of aromatic amines is 1. The first-order valence-corrected chi connectivity index (χ1v) is 6.94. The summed E-state index contributed by atoms with van der Waals surface area (Å²) in [4.78, 5) is 13.6. The number of fused-ring (bicyclic) bond motifs is 3. The van der Waals surface area contributed by atoms with Crippen molar-refractivity contribution >= 4 is 33.9 Å². The van der Waals surface area contributed by atoms with Gasteiger partial charge < -0.3 is 9.72 Å². The third-order valence-corrected chi connectivity index (χ3v) is 3.33. The van der Waals surface area contributed by atoms with Crippen molar-refractivity contribution in [3.05, 3.63) is 66.8 Å². The number of H-pyrrole nitrogens is 1. The fourth-order valence-corrected chi connectivity index (χ4v) is 2.24. The van der Waals surface area contributed by atoms with Gasteiger partial charge in [-0.1, -0.05) is 55.6 Å². The largest absolute Gasteiger partial charge is 0.466 e. The SMILES string of the molecule is C=C(C)C(=O)OC.C=Cc1cccc2c1[nH]c1ccccc12.[Eu].[Tb]. The number of carbonyl (C=O) groups excluding carboxylic acids is 1. The minimum atomic E-state index is -0.347. The third-order valence-electron chi connectivity index (χ3n) is 3.33. The van der Waals surface area contributed by atoms with Crippen LogP contribution in [0.5, 0.6) is 0 Å². The van der Waals surface area contributed by atoms with Crippen molar-refractivity contribution in [1.29, 1.82) is 0 Å². The van der Waals surface area contributed by atoms with Crippen LogP contribution in [0.2, 0.25) is 0 Å². The number of esters is 1. The Hall–Kier alpha value is 0.0601. The molecule has 5 heteroatoms. The minimum absolute atomic E-state index is 0.